The van der Waals surface area contributed by atoms with E-state index in [1.54, 1.807) is 0 Å². The van der Waals surface area contributed by atoms with Crippen molar-refractivity contribution in [1.82, 2.24) is 0 Å². The number of rotatable bonds is 1. The lowest BCUT2D eigenvalue weighted by molar-refractivity contribution is 0.158. The average Bonchev–Trinajstić information content (AvgIpc) is 2.78. The molecule has 0 fully saturated rings. The average molecular weight is 283 g/mol. The fourth-order valence-electron chi connectivity index (χ4n) is 4.11. The van der Waals surface area contributed by atoms with Crippen molar-refractivity contribution in [3.05, 3.63) is 41.5 Å². The van der Waals surface area contributed by atoms with Gasteiger partial charge in [-0.15, -0.1) is 0 Å². The molecule has 112 valence electrons. The van der Waals surface area contributed by atoms with Gasteiger partial charge in [0.1, 0.15) is 5.54 Å². The maximum atomic E-state index is 4.75. The normalized spacial score (nSPS) is 38.9. The second-order valence-corrected chi connectivity index (χ2v) is 6.94. The summed E-state index contributed by atoms with van der Waals surface area (Å²) in [6.45, 7) is 13.7. The highest BCUT2D eigenvalue weighted by molar-refractivity contribution is 5.53. The van der Waals surface area contributed by atoms with Gasteiger partial charge in [-0.2, -0.15) is 5.11 Å². The summed E-state index contributed by atoms with van der Waals surface area (Å²) in [7, 11) is 0. The van der Waals surface area contributed by atoms with E-state index < -0.39 is 0 Å². The fourth-order valence-corrected chi connectivity index (χ4v) is 4.11. The first-order valence-corrected chi connectivity index (χ1v) is 7.79. The standard InChI is InChI=1S/C18H25N3/c1-12-13(2)15(4)18(6)17(5,14(12)3)19-20-21(18)16-10-8-7-9-11-16/h7-11,14-15H,1-6H3/t14-,15+,17+,18+/m0/s1. The van der Waals surface area contributed by atoms with Gasteiger partial charge in [-0.1, -0.05) is 48.4 Å². The summed E-state index contributed by atoms with van der Waals surface area (Å²) in [5, 5.41) is 11.5. The van der Waals surface area contributed by atoms with Crippen LogP contribution >= 0.6 is 0 Å². The summed E-state index contributed by atoms with van der Waals surface area (Å²) in [5.41, 5.74) is 3.76. The van der Waals surface area contributed by atoms with Gasteiger partial charge >= 0.3 is 0 Å². The summed E-state index contributed by atoms with van der Waals surface area (Å²) in [6.07, 6.45) is 0. The molecule has 3 heteroatoms. The van der Waals surface area contributed by atoms with Crippen LogP contribution in [0.4, 0.5) is 5.69 Å². The Bertz CT molecular complexity index is 619. The van der Waals surface area contributed by atoms with E-state index in [0.29, 0.717) is 11.8 Å². The second kappa shape index (κ2) is 4.43. The van der Waals surface area contributed by atoms with Crippen molar-refractivity contribution in [2.75, 3.05) is 5.01 Å². The molecule has 1 aliphatic heterocycles. The SMILES string of the molecule is CC1=C(C)[C@H](C)[C@@]2(C)N=NN(c3ccccc3)[C@]2(C)[C@@H]1C. The molecule has 3 rings (SSSR count). The van der Waals surface area contributed by atoms with Gasteiger partial charge in [0.25, 0.3) is 0 Å². The number of nitrogens with zero attached hydrogens (tertiary/aromatic N) is 3. The molecule has 0 aromatic heterocycles. The predicted octanol–water partition coefficient (Wildman–Crippen LogP) is 5.01. The largest absolute Gasteiger partial charge is 0.238 e. The van der Waals surface area contributed by atoms with Crippen LogP contribution in [-0.4, -0.2) is 11.1 Å². The van der Waals surface area contributed by atoms with E-state index in [9.17, 15) is 0 Å². The molecule has 0 saturated carbocycles. The first kappa shape index (κ1) is 14.3. The van der Waals surface area contributed by atoms with E-state index in [1.807, 2.05) is 6.07 Å². The van der Waals surface area contributed by atoms with E-state index in [0.717, 1.165) is 5.69 Å². The molecule has 0 radical (unpaired) electrons. The summed E-state index contributed by atoms with van der Waals surface area (Å²) < 4.78 is 0. The number of hydrogen-bond acceptors (Lipinski definition) is 3. The molecule has 1 heterocycles. The third-order valence-electron chi connectivity index (χ3n) is 6.41. The molecule has 0 unspecified atom stereocenters. The quantitative estimate of drug-likeness (QED) is 0.665. The molecular formula is C18H25N3. The molecule has 0 amide bonds. The minimum Gasteiger partial charge on any atom is -0.238 e. The van der Waals surface area contributed by atoms with E-state index in [1.165, 1.54) is 11.1 Å². The number of para-hydroxylation sites is 1. The lowest BCUT2D eigenvalue weighted by Crippen LogP contribution is -2.64. The van der Waals surface area contributed by atoms with Crippen LogP contribution in [0.25, 0.3) is 0 Å². The molecule has 1 aromatic rings. The Morgan fingerprint density at radius 1 is 0.952 bits per heavy atom. The predicted molar refractivity (Wildman–Crippen MR) is 87.3 cm³/mol. The molecule has 1 aromatic carbocycles. The molecule has 0 spiro atoms. The number of fused-ring (bicyclic) bond motifs is 1. The highest BCUT2D eigenvalue weighted by atomic mass is 15.6. The van der Waals surface area contributed by atoms with Gasteiger partial charge in [-0.05, 0) is 39.8 Å². The Balaban J connectivity index is 2.17. The zero-order chi connectivity index (χ0) is 15.4. The van der Waals surface area contributed by atoms with Gasteiger partial charge in [0.05, 0.1) is 11.2 Å². The zero-order valence-corrected chi connectivity index (χ0v) is 13.9. The van der Waals surface area contributed by atoms with Crippen LogP contribution < -0.4 is 5.01 Å². The summed E-state index contributed by atoms with van der Waals surface area (Å²) >= 11 is 0. The van der Waals surface area contributed by atoms with E-state index >= 15 is 0 Å². The van der Waals surface area contributed by atoms with Crippen LogP contribution in [0.2, 0.25) is 0 Å². The van der Waals surface area contributed by atoms with Gasteiger partial charge in [0.15, 0.2) is 0 Å². The van der Waals surface area contributed by atoms with Crippen molar-refractivity contribution >= 4 is 5.69 Å². The zero-order valence-electron chi connectivity index (χ0n) is 13.9. The first-order valence-electron chi connectivity index (χ1n) is 7.79. The maximum Gasteiger partial charge on any atom is 0.113 e. The second-order valence-electron chi connectivity index (χ2n) is 6.94. The maximum absolute atomic E-state index is 4.75. The van der Waals surface area contributed by atoms with Gasteiger partial charge in [-0.3, -0.25) is 0 Å². The fraction of sp³-hybridized carbons (Fsp3) is 0.556. The third-order valence-corrected chi connectivity index (χ3v) is 6.41. The van der Waals surface area contributed by atoms with Crippen LogP contribution in [-0.2, 0) is 0 Å². The van der Waals surface area contributed by atoms with Crippen LogP contribution in [0.1, 0.15) is 41.5 Å². The smallest absolute Gasteiger partial charge is 0.113 e. The van der Waals surface area contributed by atoms with E-state index in [-0.39, 0.29) is 11.1 Å². The van der Waals surface area contributed by atoms with Crippen molar-refractivity contribution in [1.29, 1.82) is 0 Å². The Labute approximate surface area is 127 Å². The summed E-state index contributed by atoms with van der Waals surface area (Å²) in [6, 6.07) is 10.4. The monoisotopic (exact) mass is 283 g/mol. The lowest BCUT2D eigenvalue weighted by Gasteiger charge is -2.53. The molecule has 1 aliphatic carbocycles. The Hall–Kier alpha value is -1.64. The van der Waals surface area contributed by atoms with Gasteiger partial charge in [0.2, 0.25) is 0 Å². The van der Waals surface area contributed by atoms with Crippen molar-refractivity contribution in [3.63, 3.8) is 0 Å². The van der Waals surface area contributed by atoms with E-state index in [2.05, 4.69) is 76.0 Å². The van der Waals surface area contributed by atoms with Crippen LogP contribution in [0.5, 0.6) is 0 Å². The number of benzene rings is 1. The van der Waals surface area contributed by atoms with Crippen LogP contribution in [0.3, 0.4) is 0 Å². The first-order chi connectivity index (χ1) is 9.84. The van der Waals surface area contributed by atoms with E-state index in [4.69, 9.17) is 5.11 Å². The molecule has 0 saturated heterocycles. The molecule has 0 N–H and O–H groups in total. The molecule has 4 atom stereocenters. The Morgan fingerprint density at radius 3 is 2.14 bits per heavy atom. The Morgan fingerprint density at radius 2 is 1.52 bits per heavy atom. The minimum atomic E-state index is -0.189. The molecular weight excluding hydrogens is 258 g/mol. The van der Waals surface area contributed by atoms with Crippen molar-refractivity contribution in [2.24, 2.45) is 22.2 Å². The molecule has 21 heavy (non-hydrogen) atoms. The molecule has 0 bridgehead atoms. The van der Waals surface area contributed by atoms with Crippen molar-refractivity contribution in [2.45, 2.75) is 52.6 Å². The summed E-state index contributed by atoms with van der Waals surface area (Å²) in [4.78, 5) is 0. The third kappa shape index (κ3) is 1.60. The highest BCUT2D eigenvalue weighted by Crippen LogP contribution is 2.56. The highest BCUT2D eigenvalue weighted by Gasteiger charge is 2.62. The topological polar surface area (TPSA) is 28.0 Å². The molecule has 3 nitrogen and oxygen atoms in total. The summed E-state index contributed by atoms with van der Waals surface area (Å²) in [5.74, 6) is 0.810. The number of anilines is 1. The lowest BCUT2D eigenvalue weighted by atomic mass is 9.57. The minimum absolute atomic E-state index is 0.128. The van der Waals surface area contributed by atoms with Gasteiger partial charge in [-0.25, -0.2) is 5.01 Å². The Kier molecular flexibility index (Phi) is 3.01. The van der Waals surface area contributed by atoms with Crippen LogP contribution in [0, 0.1) is 11.8 Å². The van der Waals surface area contributed by atoms with Crippen molar-refractivity contribution in [3.8, 4) is 0 Å². The molecule has 2 aliphatic rings. The van der Waals surface area contributed by atoms with Crippen molar-refractivity contribution < 1.29 is 0 Å². The van der Waals surface area contributed by atoms with Crippen LogP contribution in [0.15, 0.2) is 51.8 Å². The van der Waals surface area contributed by atoms with Gasteiger partial charge in [0, 0.05) is 11.8 Å². The number of hydrogen-bond donors (Lipinski definition) is 0. The van der Waals surface area contributed by atoms with Gasteiger partial charge < -0.3 is 0 Å².